The third-order valence-electron chi connectivity index (χ3n) is 2.42. The predicted molar refractivity (Wildman–Crippen MR) is 58.4 cm³/mol. The summed E-state index contributed by atoms with van der Waals surface area (Å²) in [5, 5.41) is 3.51. The van der Waals surface area contributed by atoms with Gasteiger partial charge in [0.2, 0.25) is 0 Å². The van der Waals surface area contributed by atoms with Crippen LogP contribution in [0.4, 0.5) is 5.69 Å². The maximum absolute atomic E-state index is 5.42. The molecule has 1 aliphatic carbocycles. The van der Waals surface area contributed by atoms with Gasteiger partial charge >= 0.3 is 0 Å². The van der Waals surface area contributed by atoms with E-state index in [1.807, 2.05) is 6.92 Å². The van der Waals surface area contributed by atoms with Crippen molar-refractivity contribution in [3.8, 4) is 0 Å². The van der Waals surface area contributed by atoms with Gasteiger partial charge in [0.25, 0.3) is 0 Å². The van der Waals surface area contributed by atoms with Gasteiger partial charge < -0.3 is 10.1 Å². The monoisotopic (exact) mass is 191 g/mol. The lowest BCUT2D eigenvalue weighted by molar-refractivity contribution is 0.134. The van der Waals surface area contributed by atoms with Gasteiger partial charge in [-0.3, -0.25) is 0 Å². The van der Waals surface area contributed by atoms with Crippen LogP contribution >= 0.6 is 0 Å². The first-order chi connectivity index (χ1) is 6.90. The first-order valence-corrected chi connectivity index (χ1v) is 5.32. The summed E-state index contributed by atoms with van der Waals surface area (Å²) in [5.41, 5.74) is 2.50. The third-order valence-corrected chi connectivity index (χ3v) is 2.42. The molecule has 0 bridgehead atoms. The fourth-order valence-corrected chi connectivity index (χ4v) is 1.45. The minimum atomic E-state index is 0.706. The van der Waals surface area contributed by atoms with E-state index in [9.17, 15) is 0 Å². The number of para-hydroxylation sites is 1. The number of anilines is 1. The van der Waals surface area contributed by atoms with Gasteiger partial charge in [0.15, 0.2) is 0 Å². The van der Waals surface area contributed by atoms with Crippen LogP contribution in [0.15, 0.2) is 24.3 Å². The molecule has 76 valence electrons. The highest BCUT2D eigenvalue weighted by Gasteiger charge is 2.21. The number of hydrogen-bond acceptors (Lipinski definition) is 2. The van der Waals surface area contributed by atoms with Crippen molar-refractivity contribution in [3.63, 3.8) is 0 Å². The van der Waals surface area contributed by atoms with E-state index in [1.54, 1.807) is 0 Å². The maximum atomic E-state index is 5.42. The largest absolute Gasteiger partial charge is 0.382 e. The molecule has 0 spiro atoms. The van der Waals surface area contributed by atoms with Crippen molar-refractivity contribution in [1.29, 1.82) is 0 Å². The SMILES string of the molecule is CCOCc1ccccc1NC1CC1. The molecule has 1 saturated carbocycles. The molecular formula is C12H17NO. The molecule has 0 unspecified atom stereocenters. The summed E-state index contributed by atoms with van der Waals surface area (Å²) in [6.07, 6.45) is 2.62. The molecule has 1 aromatic rings. The fourth-order valence-electron chi connectivity index (χ4n) is 1.45. The van der Waals surface area contributed by atoms with Crippen molar-refractivity contribution in [2.45, 2.75) is 32.4 Å². The van der Waals surface area contributed by atoms with Gasteiger partial charge in [0.05, 0.1) is 6.61 Å². The summed E-state index contributed by atoms with van der Waals surface area (Å²) >= 11 is 0. The molecule has 2 nitrogen and oxygen atoms in total. The molecule has 0 aromatic heterocycles. The maximum Gasteiger partial charge on any atom is 0.0736 e. The Kier molecular flexibility index (Phi) is 3.04. The second kappa shape index (κ2) is 4.47. The van der Waals surface area contributed by atoms with Gasteiger partial charge in [-0.05, 0) is 25.8 Å². The molecule has 1 fully saturated rings. The Morgan fingerprint density at radius 3 is 2.86 bits per heavy atom. The Labute approximate surface area is 85.3 Å². The molecule has 2 heteroatoms. The zero-order valence-corrected chi connectivity index (χ0v) is 8.62. The standard InChI is InChI=1S/C12H17NO/c1-2-14-9-10-5-3-4-6-12(10)13-11-7-8-11/h3-6,11,13H,2,7-9H2,1H3. The van der Waals surface area contributed by atoms with Crippen LogP contribution in [0.2, 0.25) is 0 Å². The van der Waals surface area contributed by atoms with E-state index in [1.165, 1.54) is 24.1 Å². The first kappa shape index (κ1) is 9.53. The highest BCUT2D eigenvalue weighted by atomic mass is 16.5. The molecule has 1 aromatic carbocycles. The van der Waals surface area contributed by atoms with Crippen molar-refractivity contribution >= 4 is 5.69 Å². The topological polar surface area (TPSA) is 21.3 Å². The Balaban J connectivity index is 2.02. The quantitative estimate of drug-likeness (QED) is 0.772. The lowest BCUT2D eigenvalue weighted by Crippen LogP contribution is -2.04. The Morgan fingerprint density at radius 2 is 2.14 bits per heavy atom. The van der Waals surface area contributed by atoms with Crippen LogP contribution in [-0.4, -0.2) is 12.6 Å². The van der Waals surface area contributed by atoms with Crippen LogP contribution in [-0.2, 0) is 11.3 Å². The van der Waals surface area contributed by atoms with Crippen LogP contribution < -0.4 is 5.32 Å². The summed E-state index contributed by atoms with van der Waals surface area (Å²) in [7, 11) is 0. The molecule has 0 amide bonds. The van der Waals surface area contributed by atoms with Crippen molar-refractivity contribution in [2.75, 3.05) is 11.9 Å². The molecule has 2 rings (SSSR count). The zero-order valence-electron chi connectivity index (χ0n) is 8.62. The molecule has 0 aliphatic heterocycles. The van der Waals surface area contributed by atoms with Crippen molar-refractivity contribution in [1.82, 2.24) is 0 Å². The minimum Gasteiger partial charge on any atom is -0.382 e. The molecule has 0 atom stereocenters. The van der Waals surface area contributed by atoms with E-state index < -0.39 is 0 Å². The van der Waals surface area contributed by atoms with Crippen molar-refractivity contribution < 1.29 is 4.74 Å². The Morgan fingerprint density at radius 1 is 1.36 bits per heavy atom. The molecule has 0 radical (unpaired) electrons. The van der Waals surface area contributed by atoms with Crippen LogP contribution in [0.1, 0.15) is 25.3 Å². The van der Waals surface area contributed by atoms with E-state index >= 15 is 0 Å². The van der Waals surface area contributed by atoms with Gasteiger partial charge in [-0.1, -0.05) is 18.2 Å². The average Bonchev–Trinajstić information content (AvgIpc) is 3.01. The molecule has 1 N–H and O–H groups in total. The van der Waals surface area contributed by atoms with Gasteiger partial charge in [-0.15, -0.1) is 0 Å². The fraction of sp³-hybridized carbons (Fsp3) is 0.500. The average molecular weight is 191 g/mol. The molecule has 1 aliphatic rings. The zero-order chi connectivity index (χ0) is 9.80. The van der Waals surface area contributed by atoms with Crippen molar-refractivity contribution in [2.24, 2.45) is 0 Å². The van der Waals surface area contributed by atoms with Crippen LogP contribution in [0, 0.1) is 0 Å². The second-order valence-electron chi connectivity index (χ2n) is 3.71. The van der Waals surface area contributed by atoms with Gasteiger partial charge in [-0.2, -0.15) is 0 Å². The number of nitrogens with one attached hydrogen (secondary N) is 1. The van der Waals surface area contributed by atoms with E-state index in [4.69, 9.17) is 4.74 Å². The molecule has 0 heterocycles. The van der Waals surface area contributed by atoms with Gasteiger partial charge in [0.1, 0.15) is 0 Å². The highest BCUT2D eigenvalue weighted by Crippen LogP contribution is 2.26. The van der Waals surface area contributed by atoms with E-state index in [-0.39, 0.29) is 0 Å². The minimum absolute atomic E-state index is 0.706. The summed E-state index contributed by atoms with van der Waals surface area (Å²) in [6.45, 7) is 3.51. The first-order valence-electron chi connectivity index (χ1n) is 5.32. The summed E-state index contributed by atoms with van der Waals surface area (Å²) in [4.78, 5) is 0. The number of hydrogen-bond donors (Lipinski definition) is 1. The number of benzene rings is 1. The van der Waals surface area contributed by atoms with Crippen LogP contribution in [0.3, 0.4) is 0 Å². The van der Waals surface area contributed by atoms with Crippen LogP contribution in [0.5, 0.6) is 0 Å². The Hall–Kier alpha value is -1.02. The van der Waals surface area contributed by atoms with E-state index in [0.717, 1.165) is 6.61 Å². The molecular weight excluding hydrogens is 174 g/mol. The summed E-state index contributed by atoms with van der Waals surface area (Å²) < 4.78 is 5.42. The third kappa shape index (κ3) is 2.48. The predicted octanol–water partition coefficient (Wildman–Crippen LogP) is 2.80. The lowest BCUT2D eigenvalue weighted by Gasteiger charge is -2.10. The highest BCUT2D eigenvalue weighted by molar-refractivity contribution is 5.52. The summed E-state index contributed by atoms with van der Waals surface area (Å²) in [5.74, 6) is 0. The molecule has 14 heavy (non-hydrogen) atoms. The van der Waals surface area contributed by atoms with Gasteiger partial charge in [-0.25, -0.2) is 0 Å². The normalized spacial score (nSPS) is 15.5. The smallest absolute Gasteiger partial charge is 0.0736 e. The summed E-state index contributed by atoms with van der Waals surface area (Å²) in [6, 6.07) is 9.09. The second-order valence-corrected chi connectivity index (χ2v) is 3.71. The lowest BCUT2D eigenvalue weighted by atomic mass is 10.2. The Bertz CT molecular complexity index is 294. The number of ether oxygens (including phenoxy) is 1. The molecule has 0 saturated heterocycles. The van der Waals surface area contributed by atoms with E-state index in [2.05, 4.69) is 29.6 Å². The number of rotatable bonds is 5. The van der Waals surface area contributed by atoms with Crippen LogP contribution in [0.25, 0.3) is 0 Å². The van der Waals surface area contributed by atoms with E-state index in [0.29, 0.717) is 12.6 Å². The van der Waals surface area contributed by atoms with Crippen molar-refractivity contribution in [3.05, 3.63) is 29.8 Å². The van der Waals surface area contributed by atoms with Gasteiger partial charge in [0, 0.05) is 23.9 Å².